The SMILES string of the molecule is COc1ccc(F)c(-c2cccc(C3(c4ccc5c(c4)COCC5)N=C(N)N(C)C3=O)c2)c1. The number of hydrogen-bond donors (Lipinski definition) is 1. The molecule has 0 saturated heterocycles. The van der Waals surface area contributed by atoms with Gasteiger partial charge in [0, 0.05) is 12.6 Å². The quantitative estimate of drug-likeness (QED) is 0.666. The van der Waals surface area contributed by atoms with Gasteiger partial charge in [-0.3, -0.25) is 9.69 Å². The normalized spacial score (nSPS) is 19.9. The summed E-state index contributed by atoms with van der Waals surface area (Å²) in [6.07, 6.45) is 0.826. The van der Waals surface area contributed by atoms with Gasteiger partial charge in [0.2, 0.25) is 0 Å². The van der Waals surface area contributed by atoms with E-state index < -0.39 is 5.54 Å². The van der Waals surface area contributed by atoms with Gasteiger partial charge in [-0.2, -0.15) is 0 Å². The van der Waals surface area contributed by atoms with Gasteiger partial charge in [-0.05, 0) is 64.6 Å². The molecule has 0 aromatic heterocycles. The van der Waals surface area contributed by atoms with Crippen molar-refractivity contribution in [2.45, 2.75) is 18.6 Å². The Labute approximate surface area is 191 Å². The van der Waals surface area contributed by atoms with E-state index >= 15 is 0 Å². The Bertz CT molecular complexity index is 1290. The summed E-state index contributed by atoms with van der Waals surface area (Å²) in [5.74, 6) is 0.0258. The number of aliphatic imine (C=N–C) groups is 1. The molecule has 33 heavy (non-hydrogen) atoms. The summed E-state index contributed by atoms with van der Waals surface area (Å²) in [6.45, 7) is 1.16. The van der Waals surface area contributed by atoms with Crippen LogP contribution in [0, 0.1) is 5.82 Å². The van der Waals surface area contributed by atoms with E-state index in [2.05, 4.69) is 4.99 Å². The van der Waals surface area contributed by atoms with Crippen molar-refractivity contribution in [3.8, 4) is 16.9 Å². The lowest BCUT2D eigenvalue weighted by molar-refractivity contribution is -0.129. The van der Waals surface area contributed by atoms with Crippen LogP contribution in [0.1, 0.15) is 22.3 Å². The molecule has 0 fully saturated rings. The molecule has 2 N–H and O–H groups in total. The number of benzene rings is 3. The molecule has 3 aromatic rings. The van der Waals surface area contributed by atoms with Crippen molar-refractivity contribution in [1.82, 2.24) is 4.90 Å². The number of carbonyl (C=O) groups is 1. The van der Waals surface area contributed by atoms with E-state index in [4.69, 9.17) is 15.2 Å². The number of ether oxygens (including phenoxy) is 2. The van der Waals surface area contributed by atoms with Gasteiger partial charge in [0.25, 0.3) is 5.91 Å². The maximum atomic E-state index is 14.7. The second-order valence-corrected chi connectivity index (χ2v) is 8.26. The number of fused-ring (bicyclic) bond motifs is 1. The number of carbonyl (C=O) groups excluding carboxylic acids is 1. The summed E-state index contributed by atoms with van der Waals surface area (Å²) in [5, 5.41) is 0. The van der Waals surface area contributed by atoms with Crippen LogP contribution in [0.4, 0.5) is 4.39 Å². The largest absolute Gasteiger partial charge is 0.497 e. The molecule has 5 rings (SSSR count). The molecule has 6 nitrogen and oxygen atoms in total. The smallest absolute Gasteiger partial charge is 0.266 e. The second-order valence-electron chi connectivity index (χ2n) is 8.26. The Morgan fingerprint density at radius 3 is 2.67 bits per heavy atom. The van der Waals surface area contributed by atoms with Gasteiger partial charge < -0.3 is 15.2 Å². The monoisotopic (exact) mass is 445 g/mol. The summed E-state index contributed by atoms with van der Waals surface area (Å²) in [4.78, 5) is 19.7. The number of nitrogens with two attached hydrogens (primary N) is 1. The first-order valence-corrected chi connectivity index (χ1v) is 10.7. The zero-order valence-corrected chi connectivity index (χ0v) is 18.5. The molecular weight excluding hydrogens is 421 g/mol. The third kappa shape index (κ3) is 3.36. The first-order valence-electron chi connectivity index (χ1n) is 10.7. The molecule has 0 bridgehead atoms. The Kier molecular flexibility index (Phi) is 5.13. The fourth-order valence-electron chi connectivity index (χ4n) is 4.54. The first-order chi connectivity index (χ1) is 15.9. The number of rotatable bonds is 4. The van der Waals surface area contributed by atoms with Crippen LogP contribution in [-0.4, -0.2) is 37.5 Å². The lowest BCUT2D eigenvalue weighted by Crippen LogP contribution is -2.41. The molecule has 1 atom stereocenters. The molecule has 2 heterocycles. The molecule has 0 radical (unpaired) electrons. The fourth-order valence-corrected chi connectivity index (χ4v) is 4.54. The average Bonchev–Trinajstić information content (AvgIpc) is 3.09. The van der Waals surface area contributed by atoms with E-state index in [1.807, 2.05) is 24.3 Å². The lowest BCUT2D eigenvalue weighted by Gasteiger charge is -2.28. The van der Waals surface area contributed by atoms with Gasteiger partial charge >= 0.3 is 0 Å². The minimum absolute atomic E-state index is 0.131. The van der Waals surface area contributed by atoms with Crippen molar-refractivity contribution >= 4 is 11.9 Å². The number of nitrogens with zero attached hydrogens (tertiary/aromatic N) is 2. The van der Waals surface area contributed by atoms with Crippen LogP contribution >= 0.6 is 0 Å². The summed E-state index contributed by atoms with van der Waals surface area (Å²) >= 11 is 0. The van der Waals surface area contributed by atoms with Crippen molar-refractivity contribution < 1.29 is 18.7 Å². The fraction of sp³-hybridized carbons (Fsp3) is 0.231. The number of halogens is 1. The van der Waals surface area contributed by atoms with Gasteiger partial charge in [-0.15, -0.1) is 0 Å². The highest BCUT2D eigenvalue weighted by Crippen LogP contribution is 2.42. The highest BCUT2D eigenvalue weighted by Gasteiger charge is 2.49. The highest BCUT2D eigenvalue weighted by molar-refractivity contribution is 6.09. The number of hydrogen-bond acceptors (Lipinski definition) is 5. The standard InChI is InChI=1S/C26H24FN3O3/c1-30-24(31)26(29-25(30)28,20-7-6-16-10-11-33-15-18(16)13-20)19-5-3-4-17(12-19)22-14-21(32-2)8-9-23(22)27/h3-9,12-14H,10-11,15H2,1-2H3,(H2,28,29). The Hall–Kier alpha value is -3.71. The summed E-state index contributed by atoms with van der Waals surface area (Å²) < 4.78 is 25.6. The van der Waals surface area contributed by atoms with Crippen LogP contribution in [-0.2, 0) is 28.1 Å². The molecule has 0 spiro atoms. The van der Waals surface area contributed by atoms with Crippen molar-refractivity contribution in [3.05, 3.63) is 88.7 Å². The molecule has 2 aliphatic heterocycles. The molecule has 2 aliphatic rings. The molecular formula is C26H24FN3O3. The van der Waals surface area contributed by atoms with Gasteiger partial charge in [0.15, 0.2) is 11.5 Å². The molecule has 0 saturated carbocycles. The van der Waals surface area contributed by atoms with E-state index in [1.165, 1.54) is 23.6 Å². The Balaban J connectivity index is 1.70. The molecule has 1 unspecified atom stereocenters. The van der Waals surface area contributed by atoms with Crippen LogP contribution in [0.2, 0.25) is 0 Å². The van der Waals surface area contributed by atoms with Crippen molar-refractivity contribution in [2.75, 3.05) is 20.8 Å². The van der Waals surface area contributed by atoms with E-state index in [9.17, 15) is 9.18 Å². The van der Waals surface area contributed by atoms with Gasteiger partial charge in [0.1, 0.15) is 11.6 Å². The van der Waals surface area contributed by atoms with Gasteiger partial charge in [-0.1, -0.05) is 30.3 Å². The number of amides is 1. The highest BCUT2D eigenvalue weighted by atomic mass is 19.1. The van der Waals surface area contributed by atoms with Crippen LogP contribution in [0.5, 0.6) is 5.75 Å². The molecule has 3 aromatic carbocycles. The van der Waals surface area contributed by atoms with Crippen molar-refractivity contribution in [3.63, 3.8) is 0 Å². The van der Waals surface area contributed by atoms with Gasteiger partial charge in [-0.25, -0.2) is 9.38 Å². The summed E-state index contributed by atoms with van der Waals surface area (Å²) in [7, 11) is 3.14. The minimum Gasteiger partial charge on any atom is -0.497 e. The molecule has 0 aliphatic carbocycles. The van der Waals surface area contributed by atoms with E-state index in [0.717, 1.165) is 12.0 Å². The molecule has 1 amide bonds. The number of guanidine groups is 1. The predicted molar refractivity (Wildman–Crippen MR) is 123 cm³/mol. The molecule has 7 heteroatoms. The predicted octanol–water partition coefficient (Wildman–Crippen LogP) is 3.60. The van der Waals surface area contributed by atoms with E-state index in [0.29, 0.717) is 41.2 Å². The minimum atomic E-state index is -1.36. The summed E-state index contributed by atoms with van der Waals surface area (Å²) in [5.41, 5.74) is 9.28. The Morgan fingerprint density at radius 1 is 1.09 bits per heavy atom. The van der Waals surface area contributed by atoms with Crippen LogP contribution in [0.15, 0.2) is 65.7 Å². The Morgan fingerprint density at radius 2 is 1.91 bits per heavy atom. The lowest BCUT2D eigenvalue weighted by atomic mass is 9.80. The van der Waals surface area contributed by atoms with Crippen molar-refractivity contribution in [2.24, 2.45) is 10.7 Å². The maximum Gasteiger partial charge on any atom is 0.266 e. The van der Waals surface area contributed by atoms with Gasteiger partial charge in [0.05, 0.1) is 20.3 Å². The third-order valence-electron chi connectivity index (χ3n) is 6.40. The van der Waals surface area contributed by atoms with Crippen LogP contribution in [0.3, 0.4) is 0 Å². The van der Waals surface area contributed by atoms with E-state index in [-0.39, 0.29) is 17.7 Å². The average molecular weight is 445 g/mol. The number of likely N-dealkylation sites (N-methyl/N-ethyl adjacent to an activating group) is 1. The van der Waals surface area contributed by atoms with E-state index in [1.54, 1.807) is 37.4 Å². The summed E-state index contributed by atoms with van der Waals surface area (Å²) in [6, 6.07) is 17.7. The van der Waals surface area contributed by atoms with Crippen LogP contribution in [0.25, 0.3) is 11.1 Å². The zero-order chi connectivity index (χ0) is 23.2. The van der Waals surface area contributed by atoms with Crippen molar-refractivity contribution in [1.29, 1.82) is 0 Å². The second kappa shape index (κ2) is 8.01. The third-order valence-corrected chi connectivity index (χ3v) is 6.40. The topological polar surface area (TPSA) is 77.2 Å². The maximum absolute atomic E-state index is 14.7. The molecule has 168 valence electrons. The van der Waals surface area contributed by atoms with Crippen LogP contribution < -0.4 is 10.5 Å². The first kappa shape index (κ1) is 21.2. The number of methoxy groups -OCH3 is 1. The zero-order valence-electron chi connectivity index (χ0n) is 18.5.